The van der Waals surface area contributed by atoms with Crippen LogP contribution in [0.3, 0.4) is 0 Å². The van der Waals surface area contributed by atoms with Gasteiger partial charge in [-0.15, -0.1) is 0 Å². The van der Waals surface area contributed by atoms with Crippen molar-refractivity contribution in [3.05, 3.63) is 35.9 Å². The third-order valence-corrected chi connectivity index (χ3v) is 5.32. The topological polar surface area (TPSA) is 53.0 Å². The van der Waals surface area contributed by atoms with Gasteiger partial charge in [-0.25, -0.2) is 0 Å². The molecule has 2 aliphatic rings. The standard InChI is InChI=1S/C20H30N2O3/c23-13-14-25-19-7-4-10-22(16-19)20(24)18-8-11-21(12-9-18)15-17-5-2-1-3-6-17/h1-3,5-6,18-19,23H,4,7-16H2. The maximum atomic E-state index is 12.8. The van der Waals surface area contributed by atoms with Crippen molar-refractivity contribution in [2.24, 2.45) is 5.92 Å². The molecule has 1 atom stereocenters. The molecule has 138 valence electrons. The molecule has 0 aromatic heterocycles. The number of benzene rings is 1. The highest BCUT2D eigenvalue weighted by Gasteiger charge is 2.31. The van der Waals surface area contributed by atoms with E-state index >= 15 is 0 Å². The highest BCUT2D eigenvalue weighted by molar-refractivity contribution is 5.79. The fraction of sp³-hybridized carbons (Fsp3) is 0.650. The Bertz CT molecular complexity index is 529. The minimum absolute atomic E-state index is 0.0460. The Morgan fingerprint density at radius 3 is 2.60 bits per heavy atom. The van der Waals surface area contributed by atoms with E-state index in [1.54, 1.807) is 0 Å². The zero-order chi connectivity index (χ0) is 17.5. The fourth-order valence-corrected chi connectivity index (χ4v) is 3.93. The monoisotopic (exact) mass is 346 g/mol. The van der Waals surface area contributed by atoms with Crippen molar-refractivity contribution >= 4 is 5.91 Å². The molecule has 5 nitrogen and oxygen atoms in total. The van der Waals surface area contributed by atoms with Gasteiger partial charge in [-0.1, -0.05) is 30.3 Å². The predicted octanol–water partition coefficient (Wildman–Crippen LogP) is 1.90. The molecular weight excluding hydrogens is 316 g/mol. The normalized spacial score (nSPS) is 22.9. The summed E-state index contributed by atoms with van der Waals surface area (Å²) in [5.74, 6) is 0.459. The second-order valence-electron chi connectivity index (χ2n) is 7.18. The molecule has 2 fully saturated rings. The molecule has 1 N–H and O–H groups in total. The van der Waals surface area contributed by atoms with Gasteiger partial charge < -0.3 is 14.7 Å². The number of aliphatic hydroxyl groups is 1. The molecule has 5 heteroatoms. The molecule has 0 radical (unpaired) electrons. The van der Waals surface area contributed by atoms with Gasteiger partial charge >= 0.3 is 0 Å². The number of aliphatic hydroxyl groups excluding tert-OH is 1. The van der Waals surface area contributed by atoms with Gasteiger partial charge in [0, 0.05) is 25.6 Å². The molecule has 0 saturated carbocycles. The molecule has 0 bridgehead atoms. The summed E-state index contributed by atoms with van der Waals surface area (Å²) in [6, 6.07) is 10.5. The minimum atomic E-state index is 0.0460. The number of carbonyl (C=O) groups excluding carboxylic acids is 1. The van der Waals surface area contributed by atoms with Crippen LogP contribution in [0.2, 0.25) is 0 Å². The summed E-state index contributed by atoms with van der Waals surface area (Å²) in [5.41, 5.74) is 1.34. The van der Waals surface area contributed by atoms with Gasteiger partial charge in [0.15, 0.2) is 0 Å². The van der Waals surface area contributed by atoms with E-state index in [1.807, 2.05) is 11.0 Å². The van der Waals surface area contributed by atoms with Gasteiger partial charge in [0.05, 0.1) is 19.3 Å². The number of nitrogens with zero attached hydrogens (tertiary/aromatic N) is 2. The highest BCUT2D eigenvalue weighted by atomic mass is 16.5. The van der Waals surface area contributed by atoms with Crippen LogP contribution in [0.5, 0.6) is 0 Å². The van der Waals surface area contributed by atoms with E-state index in [4.69, 9.17) is 9.84 Å². The Balaban J connectivity index is 1.45. The number of rotatable bonds is 6. The zero-order valence-electron chi connectivity index (χ0n) is 15.0. The van der Waals surface area contributed by atoms with Crippen molar-refractivity contribution < 1.29 is 14.6 Å². The van der Waals surface area contributed by atoms with Gasteiger partial charge in [0.2, 0.25) is 5.91 Å². The lowest BCUT2D eigenvalue weighted by Crippen LogP contribution is -2.48. The largest absolute Gasteiger partial charge is 0.394 e. The van der Waals surface area contributed by atoms with E-state index in [-0.39, 0.29) is 18.6 Å². The molecular formula is C20H30N2O3. The number of ether oxygens (including phenoxy) is 1. The Hall–Kier alpha value is -1.43. The van der Waals surface area contributed by atoms with Crippen molar-refractivity contribution in [2.45, 2.75) is 38.3 Å². The first-order valence-electron chi connectivity index (χ1n) is 9.54. The lowest BCUT2D eigenvalue weighted by Gasteiger charge is -2.37. The number of likely N-dealkylation sites (tertiary alicyclic amines) is 2. The van der Waals surface area contributed by atoms with Crippen LogP contribution < -0.4 is 0 Å². The molecule has 25 heavy (non-hydrogen) atoms. The van der Waals surface area contributed by atoms with Crippen LogP contribution >= 0.6 is 0 Å². The van der Waals surface area contributed by atoms with E-state index in [0.29, 0.717) is 19.1 Å². The second-order valence-corrected chi connectivity index (χ2v) is 7.18. The van der Waals surface area contributed by atoms with Crippen LogP contribution in [0.4, 0.5) is 0 Å². The van der Waals surface area contributed by atoms with E-state index in [1.165, 1.54) is 5.56 Å². The average molecular weight is 346 g/mol. The predicted molar refractivity (Wildman–Crippen MR) is 97.1 cm³/mol. The molecule has 1 amide bonds. The van der Waals surface area contributed by atoms with Crippen LogP contribution in [0.25, 0.3) is 0 Å². The van der Waals surface area contributed by atoms with Gasteiger partial charge in [-0.2, -0.15) is 0 Å². The van der Waals surface area contributed by atoms with Crippen LogP contribution in [0.15, 0.2) is 30.3 Å². The first kappa shape index (κ1) is 18.4. The summed E-state index contributed by atoms with van der Waals surface area (Å²) in [6.07, 6.45) is 3.96. The van der Waals surface area contributed by atoms with Crippen LogP contribution in [-0.2, 0) is 16.1 Å². The summed E-state index contributed by atoms with van der Waals surface area (Å²) < 4.78 is 5.63. The van der Waals surface area contributed by atoms with Gasteiger partial charge in [0.25, 0.3) is 0 Å². The van der Waals surface area contributed by atoms with E-state index in [9.17, 15) is 4.79 Å². The van der Waals surface area contributed by atoms with Crippen LogP contribution in [-0.4, -0.2) is 66.3 Å². The third kappa shape index (κ3) is 5.27. The smallest absolute Gasteiger partial charge is 0.225 e. The zero-order valence-corrected chi connectivity index (χ0v) is 15.0. The fourth-order valence-electron chi connectivity index (χ4n) is 3.93. The van der Waals surface area contributed by atoms with Crippen molar-refractivity contribution in [3.63, 3.8) is 0 Å². The molecule has 2 aliphatic heterocycles. The lowest BCUT2D eigenvalue weighted by atomic mass is 9.93. The summed E-state index contributed by atoms with van der Waals surface area (Å²) >= 11 is 0. The Morgan fingerprint density at radius 2 is 1.88 bits per heavy atom. The van der Waals surface area contributed by atoms with Gasteiger partial charge in [-0.05, 0) is 44.3 Å². The Kier molecular flexibility index (Phi) is 6.84. The van der Waals surface area contributed by atoms with Crippen LogP contribution in [0, 0.1) is 5.92 Å². The third-order valence-electron chi connectivity index (χ3n) is 5.32. The molecule has 2 saturated heterocycles. The number of hydrogen-bond donors (Lipinski definition) is 1. The lowest BCUT2D eigenvalue weighted by molar-refractivity contribution is -0.141. The first-order chi connectivity index (χ1) is 12.3. The molecule has 3 rings (SSSR count). The molecule has 2 heterocycles. The quantitative estimate of drug-likeness (QED) is 0.855. The van der Waals surface area contributed by atoms with Crippen molar-refractivity contribution in [3.8, 4) is 0 Å². The molecule has 1 aromatic carbocycles. The Labute approximate surface area is 150 Å². The van der Waals surface area contributed by atoms with E-state index in [2.05, 4.69) is 29.2 Å². The second kappa shape index (κ2) is 9.32. The molecule has 0 aliphatic carbocycles. The first-order valence-corrected chi connectivity index (χ1v) is 9.54. The molecule has 1 unspecified atom stereocenters. The summed E-state index contributed by atoms with van der Waals surface area (Å²) in [4.78, 5) is 17.3. The van der Waals surface area contributed by atoms with Crippen molar-refractivity contribution in [2.75, 3.05) is 39.4 Å². The minimum Gasteiger partial charge on any atom is -0.394 e. The van der Waals surface area contributed by atoms with Crippen LogP contribution in [0.1, 0.15) is 31.2 Å². The van der Waals surface area contributed by atoms with Crippen molar-refractivity contribution in [1.29, 1.82) is 0 Å². The number of amides is 1. The number of piperidine rings is 2. The van der Waals surface area contributed by atoms with Crippen molar-refractivity contribution in [1.82, 2.24) is 9.80 Å². The maximum absolute atomic E-state index is 12.8. The number of carbonyl (C=O) groups is 1. The maximum Gasteiger partial charge on any atom is 0.225 e. The molecule has 1 aromatic rings. The average Bonchev–Trinajstić information content (AvgIpc) is 2.67. The van der Waals surface area contributed by atoms with E-state index in [0.717, 1.165) is 51.9 Å². The Morgan fingerprint density at radius 1 is 1.12 bits per heavy atom. The summed E-state index contributed by atoms with van der Waals surface area (Å²) in [7, 11) is 0. The summed E-state index contributed by atoms with van der Waals surface area (Å²) in [5, 5.41) is 8.90. The van der Waals surface area contributed by atoms with E-state index < -0.39 is 0 Å². The highest BCUT2D eigenvalue weighted by Crippen LogP contribution is 2.23. The molecule has 0 spiro atoms. The SMILES string of the molecule is O=C(C1CCN(Cc2ccccc2)CC1)N1CCCC(OCCO)C1. The summed E-state index contributed by atoms with van der Waals surface area (Å²) in [6.45, 7) is 4.90. The van der Waals surface area contributed by atoms with Gasteiger partial charge in [-0.3, -0.25) is 9.69 Å². The van der Waals surface area contributed by atoms with Gasteiger partial charge in [0.1, 0.15) is 0 Å². The number of hydrogen-bond acceptors (Lipinski definition) is 4.